The zero-order chi connectivity index (χ0) is 23.1. The van der Waals surface area contributed by atoms with Crippen molar-refractivity contribution in [3.05, 3.63) is 18.6 Å². The molecule has 0 spiro atoms. The summed E-state index contributed by atoms with van der Waals surface area (Å²) in [5, 5.41) is 15.8. The van der Waals surface area contributed by atoms with Crippen LogP contribution in [0, 0.1) is 5.41 Å². The van der Waals surface area contributed by atoms with E-state index in [-0.39, 0.29) is 17.8 Å². The Morgan fingerprint density at radius 3 is 2.17 bits per heavy atom. The van der Waals surface area contributed by atoms with Crippen molar-refractivity contribution in [2.24, 2.45) is 5.41 Å². The van der Waals surface area contributed by atoms with E-state index in [9.17, 15) is 24.3 Å². The summed E-state index contributed by atoms with van der Waals surface area (Å²) in [6.07, 6.45) is 2.42. The zero-order valence-corrected chi connectivity index (χ0v) is 23.4. The third-order valence-electron chi connectivity index (χ3n) is 4.50. The lowest BCUT2D eigenvalue weighted by molar-refractivity contribution is -0.146. The molecule has 2 amide bonds. The van der Waals surface area contributed by atoms with E-state index in [0.29, 0.717) is 57.3 Å². The number of nitrogens with one attached hydrogen (secondary N) is 2. The fourth-order valence-corrected chi connectivity index (χ4v) is 8.28. The van der Waals surface area contributed by atoms with Gasteiger partial charge in [0.05, 0.1) is 19.8 Å². The number of ether oxygens (including phenoxy) is 1. The summed E-state index contributed by atoms with van der Waals surface area (Å²) in [6.45, 7) is 4.80. The number of esters is 1. The van der Waals surface area contributed by atoms with Crippen LogP contribution in [0.25, 0.3) is 0 Å². The van der Waals surface area contributed by atoms with Crippen LogP contribution in [0.2, 0.25) is 0 Å². The van der Waals surface area contributed by atoms with Gasteiger partial charge in [0.2, 0.25) is 11.8 Å². The fourth-order valence-electron chi connectivity index (χ4n) is 3.15. The lowest BCUT2D eigenvalue weighted by atomic mass is 9.75. The van der Waals surface area contributed by atoms with Gasteiger partial charge in [0, 0.05) is 29.5 Å². The van der Waals surface area contributed by atoms with Crippen molar-refractivity contribution in [3.8, 4) is 0 Å². The van der Waals surface area contributed by atoms with Crippen LogP contribution in [0.3, 0.4) is 0 Å². The van der Waals surface area contributed by atoms with Gasteiger partial charge in [0.15, 0.2) is 0 Å². The van der Waals surface area contributed by atoms with Gasteiger partial charge in [0.25, 0.3) is 0 Å². The quantitative estimate of drug-likeness (QED) is 0.134. The Balaban J connectivity index is 3.21. The molecular formula is C19H25I3N2O6. The number of carboxylic acids is 1. The van der Waals surface area contributed by atoms with Crippen LogP contribution in [-0.2, 0) is 23.9 Å². The Bertz CT molecular complexity index is 780. The van der Waals surface area contributed by atoms with Crippen LogP contribution in [0.1, 0.15) is 52.9 Å². The molecular weight excluding hydrogens is 733 g/mol. The van der Waals surface area contributed by atoms with Gasteiger partial charge in [-0.1, -0.05) is 35.4 Å². The molecule has 0 aromatic heterocycles. The molecule has 0 saturated carbocycles. The summed E-state index contributed by atoms with van der Waals surface area (Å²) < 4.78 is 5.50. The third kappa shape index (κ3) is 6.77. The second-order valence-electron chi connectivity index (χ2n) is 6.78. The lowest BCUT2D eigenvalue weighted by Gasteiger charge is -2.40. The topological polar surface area (TPSA) is 122 Å². The van der Waals surface area contributed by atoms with E-state index in [1.54, 1.807) is 6.92 Å². The number of carbonyl (C=O) groups is 4. The molecule has 0 bridgehead atoms. The number of unbranched alkanes of at least 4 members (excludes halogenated alkanes) is 2. The standard InChI is InChI=1S/C19H25I3N2O6/c1-4-30-12(27)8-6-5-7-9-19(18(28)29)16(21)14(23-10(2)25)13(20)15(17(19)22)24-11(3)26/h16H,4-9H2,1-3H3,(H,23,25)(H,24,26)(H,28,29). The van der Waals surface area contributed by atoms with Crippen LogP contribution < -0.4 is 10.6 Å². The van der Waals surface area contributed by atoms with Crippen molar-refractivity contribution in [1.29, 1.82) is 0 Å². The zero-order valence-electron chi connectivity index (χ0n) is 16.9. The number of allylic oxidation sites excluding steroid dienone is 2. The Kier molecular flexibility index (Phi) is 11.5. The van der Waals surface area contributed by atoms with Crippen LogP contribution >= 0.6 is 67.8 Å². The van der Waals surface area contributed by atoms with E-state index in [4.69, 9.17) is 4.74 Å². The van der Waals surface area contributed by atoms with E-state index < -0.39 is 15.3 Å². The van der Waals surface area contributed by atoms with E-state index in [2.05, 4.69) is 33.2 Å². The second kappa shape index (κ2) is 12.6. The largest absolute Gasteiger partial charge is 0.481 e. The van der Waals surface area contributed by atoms with Crippen LogP contribution in [-0.4, -0.2) is 39.4 Å². The highest BCUT2D eigenvalue weighted by atomic mass is 127. The number of carbonyl (C=O) groups excluding carboxylic acids is 3. The summed E-state index contributed by atoms with van der Waals surface area (Å²) in [6, 6.07) is 0. The normalized spacial score (nSPS) is 21.3. The van der Waals surface area contributed by atoms with Crippen LogP contribution in [0.4, 0.5) is 0 Å². The Hall–Kier alpha value is -0.450. The van der Waals surface area contributed by atoms with Gasteiger partial charge in [-0.3, -0.25) is 19.2 Å². The summed E-state index contributed by atoms with van der Waals surface area (Å²) in [5.74, 6) is -1.92. The third-order valence-corrected chi connectivity index (χ3v) is 8.81. The number of hydrogen-bond donors (Lipinski definition) is 3. The van der Waals surface area contributed by atoms with E-state index in [1.807, 2.05) is 45.2 Å². The van der Waals surface area contributed by atoms with Crippen molar-refractivity contribution in [3.63, 3.8) is 0 Å². The molecule has 11 heteroatoms. The maximum atomic E-state index is 12.6. The van der Waals surface area contributed by atoms with Crippen molar-refractivity contribution in [1.82, 2.24) is 10.6 Å². The number of halogens is 3. The molecule has 168 valence electrons. The molecule has 2 atom stereocenters. The second-order valence-corrected chi connectivity index (χ2v) is 10.2. The summed E-state index contributed by atoms with van der Waals surface area (Å²) >= 11 is 6.07. The molecule has 0 fully saturated rings. The van der Waals surface area contributed by atoms with Crippen LogP contribution in [0.5, 0.6) is 0 Å². The molecule has 3 N–H and O–H groups in total. The van der Waals surface area contributed by atoms with Gasteiger partial charge in [0.1, 0.15) is 5.41 Å². The maximum Gasteiger partial charge on any atom is 0.316 e. The van der Waals surface area contributed by atoms with Gasteiger partial charge in [-0.05, 0) is 64.9 Å². The molecule has 0 aliphatic heterocycles. The minimum Gasteiger partial charge on any atom is -0.481 e. The summed E-state index contributed by atoms with van der Waals surface area (Å²) in [5.41, 5.74) is -0.425. The number of rotatable bonds is 10. The molecule has 0 heterocycles. The number of alkyl halides is 1. The molecule has 1 aliphatic carbocycles. The monoisotopic (exact) mass is 758 g/mol. The summed E-state index contributed by atoms with van der Waals surface area (Å²) in [7, 11) is 0. The van der Waals surface area contributed by atoms with E-state index in [1.165, 1.54) is 13.8 Å². The summed E-state index contributed by atoms with van der Waals surface area (Å²) in [4.78, 5) is 47.6. The first kappa shape index (κ1) is 27.6. The minimum absolute atomic E-state index is 0.261. The molecule has 0 radical (unpaired) electrons. The maximum absolute atomic E-state index is 12.6. The highest BCUT2D eigenvalue weighted by Gasteiger charge is 2.53. The van der Waals surface area contributed by atoms with Gasteiger partial charge in [-0.15, -0.1) is 0 Å². The van der Waals surface area contributed by atoms with Crippen molar-refractivity contribution >= 4 is 91.5 Å². The SMILES string of the molecule is CCOC(=O)CCCCCC1(C(=O)O)C(I)=C(NC(C)=O)C(I)=C(NC(C)=O)C1I. The van der Waals surface area contributed by atoms with Crippen molar-refractivity contribution in [2.45, 2.75) is 56.8 Å². The molecule has 0 aromatic carbocycles. The molecule has 1 rings (SSSR count). The predicted molar refractivity (Wildman–Crippen MR) is 137 cm³/mol. The highest BCUT2D eigenvalue weighted by molar-refractivity contribution is 14.1. The van der Waals surface area contributed by atoms with Gasteiger partial charge < -0.3 is 20.5 Å². The smallest absolute Gasteiger partial charge is 0.316 e. The number of carboxylic acid groups (broad SMARTS) is 1. The number of aliphatic carboxylic acids is 1. The molecule has 1 aliphatic rings. The Morgan fingerprint density at radius 2 is 1.67 bits per heavy atom. The average molecular weight is 758 g/mol. The average Bonchev–Trinajstić information content (AvgIpc) is 2.64. The predicted octanol–water partition coefficient (Wildman–Crippen LogP) is 3.95. The lowest BCUT2D eigenvalue weighted by Crippen LogP contribution is -2.48. The highest BCUT2D eigenvalue weighted by Crippen LogP contribution is 2.53. The van der Waals surface area contributed by atoms with E-state index >= 15 is 0 Å². The number of hydrogen-bond acceptors (Lipinski definition) is 5. The van der Waals surface area contributed by atoms with Gasteiger partial charge in [-0.25, -0.2) is 0 Å². The molecule has 0 saturated heterocycles. The molecule has 8 nitrogen and oxygen atoms in total. The van der Waals surface area contributed by atoms with E-state index in [0.717, 1.165) is 0 Å². The minimum atomic E-state index is -1.31. The Morgan fingerprint density at radius 1 is 1.07 bits per heavy atom. The van der Waals surface area contributed by atoms with Crippen molar-refractivity contribution < 1.29 is 29.0 Å². The first-order valence-electron chi connectivity index (χ1n) is 9.37. The molecule has 30 heavy (non-hydrogen) atoms. The van der Waals surface area contributed by atoms with Gasteiger partial charge in [-0.2, -0.15) is 0 Å². The number of amides is 2. The van der Waals surface area contributed by atoms with Crippen molar-refractivity contribution in [2.75, 3.05) is 6.61 Å². The van der Waals surface area contributed by atoms with Gasteiger partial charge >= 0.3 is 11.9 Å². The first-order valence-corrected chi connectivity index (χ1v) is 12.8. The fraction of sp³-hybridized carbons (Fsp3) is 0.579. The molecule has 2 unspecified atom stereocenters. The Labute approximate surface area is 216 Å². The first-order chi connectivity index (χ1) is 14.0. The molecule has 0 aromatic rings. The van der Waals surface area contributed by atoms with Crippen LogP contribution in [0.15, 0.2) is 18.6 Å².